The van der Waals surface area contributed by atoms with E-state index in [1.54, 1.807) is 0 Å². The van der Waals surface area contributed by atoms with Gasteiger partial charge in [-0.2, -0.15) is 5.10 Å². The van der Waals surface area contributed by atoms with Crippen LogP contribution >= 0.6 is 11.6 Å². The van der Waals surface area contributed by atoms with Gasteiger partial charge in [0.25, 0.3) is 0 Å². The molecule has 0 bridgehead atoms. The monoisotopic (exact) mass is 277 g/mol. The SMILES string of the molecule is Cc1nn(Cc2ccccc2)c(C)c1NC(=O)CCl. The van der Waals surface area contributed by atoms with Gasteiger partial charge in [-0.25, -0.2) is 0 Å². The van der Waals surface area contributed by atoms with Crippen molar-refractivity contribution in [2.75, 3.05) is 11.2 Å². The number of nitrogens with one attached hydrogen (secondary N) is 1. The smallest absolute Gasteiger partial charge is 0.239 e. The molecule has 0 radical (unpaired) electrons. The summed E-state index contributed by atoms with van der Waals surface area (Å²) in [5, 5.41) is 7.23. The average Bonchev–Trinajstić information content (AvgIpc) is 2.67. The van der Waals surface area contributed by atoms with Gasteiger partial charge in [0.15, 0.2) is 0 Å². The van der Waals surface area contributed by atoms with Crippen LogP contribution in [0.4, 0.5) is 5.69 Å². The molecule has 19 heavy (non-hydrogen) atoms. The number of amides is 1. The van der Waals surface area contributed by atoms with Crippen LogP contribution in [0.3, 0.4) is 0 Å². The summed E-state index contributed by atoms with van der Waals surface area (Å²) in [6, 6.07) is 10.1. The van der Waals surface area contributed by atoms with Crippen molar-refractivity contribution in [2.45, 2.75) is 20.4 Å². The predicted molar refractivity (Wildman–Crippen MR) is 76.6 cm³/mol. The van der Waals surface area contributed by atoms with Crippen LogP contribution in [0.5, 0.6) is 0 Å². The maximum absolute atomic E-state index is 11.4. The van der Waals surface area contributed by atoms with Crippen molar-refractivity contribution in [3.63, 3.8) is 0 Å². The third-order valence-corrected chi connectivity index (χ3v) is 3.19. The molecule has 1 N–H and O–H groups in total. The molecule has 1 aromatic heterocycles. The number of nitrogens with zero attached hydrogens (tertiary/aromatic N) is 2. The standard InChI is InChI=1S/C14H16ClN3O/c1-10-14(16-13(19)8-15)11(2)18(17-10)9-12-6-4-3-5-7-12/h3-7H,8-9H2,1-2H3,(H,16,19). The highest BCUT2D eigenvalue weighted by Gasteiger charge is 2.13. The van der Waals surface area contributed by atoms with E-state index in [0.29, 0.717) is 6.54 Å². The van der Waals surface area contributed by atoms with Crippen molar-refractivity contribution in [1.82, 2.24) is 9.78 Å². The van der Waals surface area contributed by atoms with Crippen molar-refractivity contribution < 1.29 is 4.79 Å². The molecule has 1 heterocycles. The number of carbonyl (C=O) groups excluding carboxylic acids is 1. The van der Waals surface area contributed by atoms with Crippen molar-refractivity contribution in [2.24, 2.45) is 0 Å². The van der Waals surface area contributed by atoms with E-state index in [0.717, 1.165) is 17.1 Å². The molecular weight excluding hydrogens is 262 g/mol. The number of alkyl halides is 1. The van der Waals surface area contributed by atoms with E-state index in [1.165, 1.54) is 5.56 Å². The Kier molecular flexibility index (Phi) is 4.22. The molecule has 5 heteroatoms. The summed E-state index contributed by atoms with van der Waals surface area (Å²) in [5.41, 5.74) is 3.65. The number of anilines is 1. The number of hydrogen-bond donors (Lipinski definition) is 1. The fourth-order valence-electron chi connectivity index (χ4n) is 1.96. The Morgan fingerprint density at radius 1 is 1.32 bits per heavy atom. The van der Waals surface area contributed by atoms with E-state index in [-0.39, 0.29) is 11.8 Å². The van der Waals surface area contributed by atoms with Gasteiger partial charge in [0.2, 0.25) is 5.91 Å². The Labute approximate surface area is 117 Å². The Morgan fingerprint density at radius 2 is 2.00 bits per heavy atom. The minimum Gasteiger partial charge on any atom is -0.322 e. The van der Waals surface area contributed by atoms with Crippen molar-refractivity contribution in [3.05, 3.63) is 47.3 Å². The fraction of sp³-hybridized carbons (Fsp3) is 0.286. The molecule has 1 aromatic carbocycles. The minimum atomic E-state index is -0.216. The highest BCUT2D eigenvalue weighted by atomic mass is 35.5. The number of halogens is 1. The molecule has 0 fully saturated rings. The fourth-order valence-corrected chi connectivity index (χ4v) is 2.03. The molecule has 0 saturated carbocycles. The molecule has 1 amide bonds. The molecule has 100 valence electrons. The van der Waals surface area contributed by atoms with Crippen LogP contribution in [0, 0.1) is 13.8 Å². The van der Waals surface area contributed by atoms with Crippen LogP contribution in [0.15, 0.2) is 30.3 Å². The van der Waals surface area contributed by atoms with Gasteiger partial charge in [0.1, 0.15) is 5.88 Å². The van der Waals surface area contributed by atoms with Gasteiger partial charge < -0.3 is 5.32 Å². The summed E-state index contributed by atoms with van der Waals surface area (Å²) in [6.45, 7) is 4.50. The van der Waals surface area contributed by atoms with Crippen LogP contribution in [0.25, 0.3) is 0 Å². The zero-order valence-corrected chi connectivity index (χ0v) is 11.7. The van der Waals surface area contributed by atoms with Crippen LogP contribution in [0.2, 0.25) is 0 Å². The second kappa shape index (κ2) is 5.89. The van der Waals surface area contributed by atoms with E-state index in [1.807, 2.05) is 48.9 Å². The van der Waals surface area contributed by atoms with E-state index in [9.17, 15) is 4.79 Å². The van der Waals surface area contributed by atoms with E-state index in [2.05, 4.69) is 10.4 Å². The lowest BCUT2D eigenvalue weighted by Crippen LogP contribution is -2.14. The van der Waals surface area contributed by atoms with Crippen molar-refractivity contribution >= 4 is 23.2 Å². The Morgan fingerprint density at radius 3 is 2.63 bits per heavy atom. The Bertz CT molecular complexity index is 578. The quantitative estimate of drug-likeness (QED) is 0.874. The Hall–Kier alpha value is -1.81. The van der Waals surface area contributed by atoms with Gasteiger partial charge in [0, 0.05) is 0 Å². The summed E-state index contributed by atoms with van der Waals surface area (Å²) >= 11 is 5.50. The molecule has 0 unspecified atom stereocenters. The summed E-state index contributed by atoms with van der Waals surface area (Å²) < 4.78 is 1.88. The normalized spacial score (nSPS) is 10.5. The second-order valence-corrected chi connectivity index (χ2v) is 4.64. The second-order valence-electron chi connectivity index (χ2n) is 4.37. The lowest BCUT2D eigenvalue weighted by molar-refractivity contribution is -0.113. The van der Waals surface area contributed by atoms with Crippen molar-refractivity contribution in [1.29, 1.82) is 0 Å². The molecule has 0 saturated heterocycles. The summed E-state index contributed by atoms with van der Waals surface area (Å²) in [6.07, 6.45) is 0. The van der Waals surface area contributed by atoms with E-state index < -0.39 is 0 Å². The van der Waals surface area contributed by atoms with Gasteiger partial charge in [-0.15, -0.1) is 11.6 Å². The molecule has 0 aliphatic heterocycles. The largest absolute Gasteiger partial charge is 0.322 e. The minimum absolute atomic E-state index is 0.0528. The first-order chi connectivity index (χ1) is 9.11. The number of benzene rings is 1. The highest BCUT2D eigenvalue weighted by Crippen LogP contribution is 2.20. The van der Waals surface area contributed by atoms with E-state index >= 15 is 0 Å². The first-order valence-electron chi connectivity index (χ1n) is 6.05. The molecule has 2 aromatic rings. The van der Waals surface area contributed by atoms with Gasteiger partial charge in [-0.05, 0) is 19.4 Å². The predicted octanol–water partition coefficient (Wildman–Crippen LogP) is 2.73. The van der Waals surface area contributed by atoms with Crippen LogP contribution in [-0.2, 0) is 11.3 Å². The first kappa shape index (κ1) is 13.6. The zero-order valence-electron chi connectivity index (χ0n) is 11.0. The first-order valence-corrected chi connectivity index (χ1v) is 6.59. The zero-order chi connectivity index (χ0) is 13.8. The molecule has 2 rings (SSSR count). The number of hydrogen-bond acceptors (Lipinski definition) is 2. The highest BCUT2D eigenvalue weighted by molar-refractivity contribution is 6.29. The van der Waals surface area contributed by atoms with E-state index in [4.69, 9.17) is 11.6 Å². The van der Waals surface area contributed by atoms with Gasteiger partial charge in [-0.1, -0.05) is 30.3 Å². The average molecular weight is 278 g/mol. The summed E-state index contributed by atoms with van der Waals surface area (Å²) in [4.78, 5) is 11.4. The summed E-state index contributed by atoms with van der Waals surface area (Å²) in [7, 11) is 0. The summed E-state index contributed by atoms with van der Waals surface area (Å²) in [5.74, 6) is -0.268. The molecule has 4 nitrogen and oxygen atoms in total. The number of aromatic nitrogens is 2. The topological polar surface area (TPSA) is 46.9 Å². The van der Waals surface area contributed by atoms with Gasteiger partial charge in [-0.3, -0.25) is 9.48 Å². The molecule has 0 atom stereocenters. The van der Waals surface area contributed by atoms with Crippen LogP contribution in [0.1, 0.15) is 17.0 Å². The van der Waals surface area contributed by atoms with Gasteiger partial charge >= 0.3 is 0 Å². The van der Waals surface area contributed by atoms with Gasteiger partial charge in [0.05, 0.1) is 23.6 Å². The van der Waals surface area contributed by atoms with Crippen molar-refractivity contribution in [3.8, 4) is 0 Å². The molecule has 0 aliphatic rings. The van der Waals surface area contributed by atoms with Crippen LogP contribution in [-0.4, -0.2) is 21.6 Å². The number of carbonyl (C=O) groups is 1. The third kappa shape index (κ3) is 3.15. The molecule has 0 spiro atoms. The third-order valence-electron chi connectivity index (χ3n) is 2.94. The Balaban J connectivity index is 2.24. The maximum Gasteiger partial charge on any atom is 0.239 e. The molecular formula is C14H16ClN3O. The molecule has 0 aliphatic carbocycles. The maximum atomic E-state index is 11.4. The lowest BCUT2D eigenvalue weighted by Gasteiger charge is -2.06. The lowest BCUT2D eigenvalue weighted by atomic mass is 10.2. The number of aryl methyl sites for hydroxylation is 1. The van der Waals surface area contributed by atoms with Crippen LogP contribution < -0.4 is 5.32 Å². The number of rotatable bonds is 4.